The summed E-state index contributed by atoms with van der Waals surface area (Å²) in [6.45, 7) is 2.35. The molecule has 2 aromatic rings. The topological polar surface area (TPSA) is 78.3 Å². The highest BCUT2D eigenvalue weighted by molar-refractivity contribution is 5.35. The lowest BCUT2D eigenvalue weighted by Gasteiger charge is -2.06. The number of hydrogen-bond acceptors (Lipinski definition) is 5. The molecule has 0 fully saturated rings. The Morgan fingerprint density at radius 2 is 2.00 bits per heavy atom. The number of para-hydroxylation sites is 1. The van der Waals surface area contributed by atoms with Gasteiger partial charge in [-0.05, 0) is 19.1 Å². The molecule has 0 atom stereocenters. The van der Waals surface area contributed by atoms with E-state index >= 15 is 0 Å². The number of anilines is 1. The van der Waals surface area contributed by atoms with Crippen molar-refractivity contribution in [2.75, 3.05) is 12.3 Å². The van der Waals surface area contributed by atoms with Crippen molar-refractivity contribution in [1.29, 1.82) is 0 Å². The van der Waals surface area contributed by atoms with Crippen LogP contribution < -0.4 is 16.1 Å². The van der Waals surface area contributed by atoms with Crippen LogP contribution in [-0.2, 0) is 7.05 Å². The monoisotopic (exact) mass is 245 g/mol. The Morgan fingerprint density at radius 1 is 1.28 bits per heavy atom. The standard InChI is InChI=1S/C12H15N5O/c1-3-18-12-15-10(13)17(2)11(16-12)14-9-7-5-4-6-8-9/h4-8H,3H2,1-2H3,(H2,13,14,15,16). The second-order valence-electron chi connectivity index (χ2n) is 3.60. The molecule has 0 saturated carbocycles. The summed E-state index contributed by atoms with van der Waals surface area (Å²) in [6.07, 6.45) is 0. The Hall–Kier alpha value is -2.37. The summed E-state index contributed by atoms with van der Waals surface area (Å²) >= 11 is 0. The fraction of sp³-hybridized carbons (Fsp3) is 0.250. The van der Waals surface area contributed by atoms with Gasteiger partial charge in [0, 0.05) is 7.05 Å². The van der Waals surface area contributed by atoms with Gasteiger partial charge in [0.05, 0.1) is 12.3 Å². The maximum absolute atomic E-state index is 5.78. The van der Waals surface area contributed by atoms with Crippen LogP contribution in [0.4, 0.5) is 11.6 Å². The third-order valence-corrected chi connectivity index (χ3v) is 2.31. The van der Waals surface area contributed by atoms with Gasteiger partial charge in [0.2, 0.25) is 11.6 Å². The number of nitrogen functional groups attached to an aromatic ring is 1. The van der Waals surface area contributed by atoms with E-state index in [9.17, 15) is 0 Å². The maximum Gasteiger partial charge on any atom is 0.322 e. The summed E-state index contributed by atoms with van der Waals surface area (Å²) in [7, 11) is 1.76. The van der Waals surface area contributed by atoms with E-state index in [0.29, 0.717) is 18.2 Å². The molecule has 0 bridgehead atoms. The second kappa shape index (κ2) is 5.31. The zero-order chi connectivity index (χ0) is 13.0. The number of aromatic nitrogens is 3. The van der Waals surface area contributed by atoms with Crippen LogP contribution in [-0.4, -0.2) is 21.1 Å². The van der Waals surface area contributed by atoms with Gasteiger partial charge < -0.3 is 10.5 Å². The largest absolute Gasteiger partial charge is 0.464 e. The van der Waals surface area contributed by atoms with Gasteiger partial charge in [-0.2, -0.15) is 9.97 Å². The van der Waals surface area contributed by atoms with Crippen molar-refractivity contribution in [2.45, 2.75) is 6.92 Å². The summed E-state index contributed by atoms with van der Waals surface area (Å²) in [5.41, 5.74) is 7.03. The van der Waals surface area contributed by atoms with Gasteiger partial charge in [-0.15, -0.1) is 0 Å². The maximum atomic E-state index is 5.78. The van der Waals surface area contributed by atoms with Crippen LogP contribution in [0.2, 0.25) is 0 Å². The van der Waals surface area contributed by atoms with Gasteiger partial charge in [0.15, 0.2) is 0 Å². The fourth-order valence-corrected chi connectivity index (χ4v) is 1.37. The molecule has 0 aliphatic rings. The lowest BCUT2D eigenvalue weighted by Crippen LogP contribution is -2.26. The molecule has 1 heterocycles. The van der Waals surface area contributed by atoms with Crippen molar-refractivity contribution >= 4 is 11.6 Å². The highest BCUT2D eigenvalue weighted by atomic mass is 16.5. The molecular formula is C12H15N5O. The van der Waals surface area contributed by atoms with Gasteiger partial charge >= 0.3 is 6.01 Å². The molecule has 2 rings (SSSR count). The Labute approximate surface area is 105 Å². The van der Waals surface area contributed by atoms with Crippen LogP contribution in [0.5, 0.6) is 6.01 Å². The number of rotatable bonds is 3. The van der Waals surface area contributed by atoms with Crippen molar-refractivity contribution in [3.05, 3.63) is 36.0 Å². The molecule has 1 aromatic carbocycles. The average molecular weight is 245 g/mol. The molecule has 0 aliphatic heterocycles. The van der Waals surface area contributed by atoms with Crippen molar-refractivity contribution in [1.82, 2.24) is 14.5 Å². The molecule has 0 amide bonds. The Balaban J connectivity index is 2.52. The summed E-state index contributed by atoms with van der Waals surface area (Å²) in [5.74, 6) is 0.308. The predicted molar refractivity (Wildman–Crippen MR) is 68.2 cm³/mol. The molecule has 1 aromatic heterocycles. The summed E-state index contributed by atoms with van der Waals surface area (Å²) < 4.78 is 6.85. The fourth-order valence-electron chi connectivity index (χ4n) is 1.37. The van der Waals surface area contributed by atoms with Gasteiger partial charge in [0.1, 0.15) is 0 Å². The first kappa shape index (κ1) is 12.1. The van der Waals surface area contributed by atoms with E-state index in [1.165, 1.54) is 0 Å². The van der Waals surface area contributed by atoms with Crippen LogP contribution in [0, 0.1) is 0 Å². The van der Waals surface area contributed by atoms with Crippen molar-refractivity contribution in [3.63, 3.8) is 0 Å². The Morgan fingerprint density at radius 3 is 2.67 bits per heavy atom. The zero-order valence-electron chi connectivity index (χ0n) is 10.4. The van der Waals surface area contributed by atoms with E-state index in [-0.39, 0.29) is 6.01 Å². The van der Waals surface area contributed by atoms with Crippen LogP contribution in [0.1, 0.15) is 6.92 Å². The Kier molecular flexibility index (Phi) is 3.57. The van der Waals surface area contributed by atoms with E-state index in [0.717, 1.165) is 5.69 Å². The van der Waals surface area contributed by atoms with Crippen molar-refractivity contribution < 1.29 is 4.74 Å². The quantitative estimate of drug-likeness (QED) is 0.876. The molecule has 0 saturated heterocycles. The summed E-state index contributed by atoms with van der Waals surface area (Å²) in [4.78, 5) is 12.6. The normalized spacial score (nSPS) is 11.6. The lowest BCUT2D eigenvalue weighted by atomic mass is 10.3. The minimum atomic E-state index is 0.239. The zero-order valence-corrected chi connectivity index (χ0v) is 10.4. The molecule has 94 valence electrons. The van der Waals surface area contributed by atoms with E-state index in [1.807, 2.05) is 37.3 Å². The molecule has 2 N–H and O–H groups in total. The van der Waals surface area contributed by atoms with Crippen LogP contribution >= 0.6 is 0 Å². The van der Waals surface area contributed by atoms with Gasteiger partial charge in [-0.25, -0.2) is 4.99 Å². The van der Waals surface area contributed by atoms with Gasteiger partial charge in [-0.1, -0.05) is 18.2 Å². The molecule has 18 heavy (non-hydrogen) atoms. The molecule has 6 heteroatoms. The van der Waals surface area contributed by atoms with Crippen molar-refractivity contribution in [3.8, 4) is 6.01 Å². The van der Waals surface area contributed by atoms with Gasteiger partial charge in [0.25, 0.3) is 0 Å². The number of benzene rings is 1. The van der Waals surface area contributed by atoms with Gasteiger partial charge in [-0.3, -0.25) is 4.57 Å². The highest BCUT2D eigenvalue weighted by Gasteiger charge is 2.03. The number of ether oxygens (including phenoxy) is 1. The van der Waals surface area contributed by atoms with Crippen LogP contribution in [0.15, 0.2) is 35.3 Å². The molecule has 0 radical (unpaired) electrons. The SMILES string of the molecule is CCOc1nc(N)n(C)c(=Nc2ccccc2)n1. The number of nitrogens with two attached hydrogens (primary N) is 1. The summed E-state index contributed by atoms with van der Waals surface area (Å²) in [5, 5.41) is 0. The third kappa shape index (κ3) is 2.65. The number of nitrogens with zero attached hydrogens (tertiary/aromatic N) is 4. The van der Waals surface area contributed by atoms with Crippen LogP contribution in [0.3, 0.4) is 0 Å². The first-order valence-corrected chi connectivity index (χ1v) is 5.64. The second-order valence-corrected chi connectivity index (χ2v) is 3.60. The average Bonchev–Trinajstić information content (AvgIpc) is 2.37. The molecule has 6 nitrogen and oxygen atoms in total. The van der Waals surface area contributed by atoms with E-state index in [4.69, 9.17) is 10.5 Å². The number of hydrogen-bond donors (Lipinski definition) is 1. The predicted octanol–water partition coefficient (Wildman–Crippen LogP) is 1.03. The molecule has 0 unspecified atom stereocenters. The lowest BCUT2D eigenvalue weighted by molar-refractivity contribution is 0.308. The van der Waals surface area contributed by atoms with Crippen LogP contribution in [0.25, 0.3) is 0 Å². The van der Waals surface area contributed by atoms with Crippen molar-refractivity contribution in [2.24, 2.45) is 12.0 Å². The van der Waals surface area contributed by atoms with E-state index < -0.39 is 0 Å². The first-order valence-electron chi connectivity index (χ1n) is 5.64. The first-order chi connectivity index (χ1) is 8.70. The summed E-state index contributed by atoms with van der Waals surface area (Å²) in [6, 6.07) is 9.76. The molecule has 0 aliphatic carbocycles. The smallest absolute Gasteiger partial charge is 0.322 e. The minimum Gasteiger partial charge on any atom is -0.464 e. The molecular weight excluding hydrogens is 230 g/mol. The van der Waals surface area contributed by atoms with E-state index in [2.05, 4.69) is 15.0 Å². The van der Waals surface area contributed by atoms with E-state index in [1.54, 1.807) is 11.6 Å². The third-order valence-electron chi connectivity index (χ3n) is 2.31. The minimum absolute atomic E-state index is 0.239. The highest BCUT2D eigenvalue weighted by Crippen LogP contribution is 2.08. The molecule has 0 spiro atoms. The Bertz CT molecular complexity index is 591.